The van der Waals surface area contributed by atoms with Gasteiger partial charge in [-0.15, -0.1) is 0 Å². The molecule has 1 heterocycles. The number of oxazole rings is 1. The Labute approximate surface area is 189 Å². The van der Waals surface area contributed by atoms with Gasteiger partial charge in [-0.1, -0.05) is 31.5 Å². The van der Waals surface area contributed by atoms with Gasteiger partial charge in [-0.2, -0.15) is 0 Å². The average molecular weight is 450 g/mol. The molecule has 0 saturated heterocycles. The maximum Gasteiger partial charge on any atom is 0.270 e. The van der Waals surface area contributed by atoms with Crippen molar-refractivity contribution in [3.05, 3.63) is 86.9 Å². The van der Waals surface area contributed by atoms with Crippen molar-refractivity contribution in [2.24, 2.45) is 0 Å². The Morgan fingerprint density at radius 1 is 1.16 bits per heavy atom. The smallest absolute Gasteiger partial charge is 0.270 e. The van der Waals surface area contributed by atoms with Crippen LogP contribution in [0.5, 0.6) is 0 Å². The molecule has 0 bridgehead atoms. The van der Waals surface area contributed by atoms with E-state index < -0.39 is 10.8 Å². The standard InChI is InChI=1S/C24H20ClN3O4/c1-3-14(2)16-6-11-22-21(12-16)27-24(32-22)15-4-7-17(8-5-15)26-23(29)19-13-18(28(30)31)9-10-20(19)25/h4-14H,3H2,1-2H3,(H,26,29)/t14-/m1/s1. The topological polar surface area (TPSA) is 98.3 Å². The lowest BCUT2D eigenvalue weighted by Crippen LogP contribution is -2.12. The highest BCUT2D eigenvalue weighted by molar-refractivity contribution is 6.34. The molecule has 0 aliphatic heterocycles. The summed E-state index contributed by atoms with van der Waals surface area (Å²) in [6.07, 6.45) is 1.05. The third-order valence-electron chi connectivity index (χ3n) is 5.39. The van der Waals surface area contributed by atoms with E-state index in [1.54, 1.807) is 24.3 Å². The number of hydrogen-bond acceptors (Lipinski definition) is 5. The molecule has 0 aliphatic rings. The number of non-ortho nitro benzene ring substituents is 1. The van der Waals surface area contributed by atoms with Gasteiger partial charge in [0.1, 0.15) is 5.52 Å². The number of aromatic nitrogens is 1. The van der Waals surface area contributed by atoms with Crippen molar-refractivity contribution in [2.45, 2.75) is 26.2 Å². The van der Waals surface area contributed by atoms with Crippen molar-refractivity contribution < 1.29 is 14.1 Å². The van der Waals surface area contributed by atoms with E-state index in [2.05, 4.69) is 30.2 Å². The first-order valence-corrected chi connectivity index (χ1v) is 10.5. The number of anilines is 1. The second-order valence-corrected chi connectivity index (χ2v) is 7.92. The first kappa shape index (κ1) is 21.5. The first-order valence-electron chi connectivity index (χ1n) is 10.1. The van der Waals surface area contributed by atoms with Crippen molar-refractivity contribution in [3.8, 4) is 11.5 Å². The molecule has 0 saturated carbocycles. The molecule has 0 spiro atoms. The molecule has 1 atom stereocenters. The molecule has 4 rings (SSSR count). The molecule has 0 fully saturated rings. The highest BCUT2D eigenvalue weighted by Crippen LogP contribution is 2.29. The number of nitro benzene ring substituents is 1. The fourth-order valence-electron chi connectivity index (χ4n) is 3.31. The van der Waals surface area contributed by atoms with Gasteiger partial charge in [-0.05, 0) is 60.4 Å². The van der Waals surface area contributed by atoms with E-state index >= 15 is 0 Å². The summed E-state index contributed by atoms with van der Waals surface area (Å²) in [4.78, 5) is 27.5. The zero-order valence-corrected chi connectivity index (χ0v) is 18.2. The van der Waals surface area contributed by atoms with E-state index in [1.807, 2.05) is 12.1 Å². The maximum atomic E-state index is 12.5. The van der Waals surface area contributed by atoms with Crippen LogP contribution in [-0.2, 0) is 0 Å². The zero-order valence-electron chi connectivity index (χ0n) is 17.5. The molecular formula is C24H20ClN3O4. The molecule has 0 radical (unpaired) electrons. The van der Waals surface area contributed by atoms with Crippen LogP contribution in [0.4, 0.5) is 11.4 Å². The summed E-state index contributed by atoms with van der Waals surface area (Å²) < 4.78 is 5.88. The fourth-order valence-corrected chi connectivity index (χ4v) is 3.51. The van der Waals surface area contributed by atoms with Gasteiger partial charge in [-0.3, -0.25) is 14.9 Å². The Bertz CT molecular complexity index is 1310. The Hall–Kier alpha value is -3.71. The van der Waals surface area contributed by atoms with Gasteiger partial charge < -0.3 is 9.73 Å². The van der Waals surface area contributed by atoms with Crippen LogP contribution in [0.2, 0.25) is 5.02 Å². The average Bonchev–Trinajstić information content (AvgIpc) is 3.22. The van der Waals surface area contributed by atoms with Crippen molar-refractivity contribution in [3.63, 3.8) is 0 Å². The lowest BCUT2D eigenvalue weighted by molar-refractivity contribution is -0.384. The van der Waals surface area contributed by atoms with E-state index in [0.717, 1.165) is 23.6 Å². The summed E-state index contributed by atoms with van der Waals surface area (Å²) in [5.41, 5.74) is 3.83. The van der Waals surface area contributed by atoms with Crippen molar-refractivity contribution >= 4 is 40.0 Å². The predicted molar refractivity (Wildman–Crippen MR) is 124 cm³/mol. The summed E-state index contributed by atoms with van der Waals surface area (Å²) in [7, 11) is 0. The van der Waals surface area contributed by atoms with Gasteiger partial charge in [0.15, 0.2) is 5.58 Å². The summed E-state index contributed by atoms with van der Waals surface area (Å²) in [6, 6.07) is 16.8. The molecular weight excluding hydrogens is 430 g/mol. The number of carbonyl (C=O) groups excluding carboxylic acids is 1. The molecule has 4 aromatic rings. The molecule has 162 valence electrons. The number of halogens is 1. The second-order valence-electron chi connectivity index (χ2n) is 7.51. The fraction of sp³-hybridized carbons (Fsp3) is 0.167. The maximum absolute atomic E-state index is 12.5. The van der Waals surface area contributed by atoms with Crippen molar-refractivity contribution in [1.82, 2.24) is 4.98 Å². The van der Waals surface area contributed by atoms with Gasteiger partial charge in [-0.25, -0.2) is 4.98 Å². The van der Waals surface area contributed by atoms with Crippen LogP contribution in [0.25, 0.3) is 22.6 Å². The highest BCUT2D eigenvalue weighted by Gasteiger charge is 2.16. The SMILES string of the molecule is CC[C@@H](C)c1ccc2oc(-c3ccc(NC(=O)c4cc([N+](=O)[O-])ccc4Cl)cc3)nc2c1. The molecule has 3 aromatic carbocycles. The Morgan fingerprint density at radius 3 is 2.59 bits per heavy atom. The molecule has 8 heteroatoms. The third-order valence-corrected chi connectivity index (χ3v) is 5.72. The number of amides is 1. The number of nitrogens with one attached hydrogen (secondary N) is 1. The van der Waals surface area contributed by atoms with Crippen LogP contribution in [0.15, 0.2) is 65.1 Å². The van der Waals surface area contributed by atoms with E-state index in [1.165, 1.54) is 17.7 Å². The summed E-state index contributed by atoms with van der Waals surface area (Å²) in [5, 5.41) is 13.8. The Kier molecular flexibility index (Phi) is 5.92. The number of benzene rings is 3. The summed E-state index contributed by atoms with van der Waals surface area (Å²) in [5.74, 6) is 0.397. The van der Waals surface area contributed by atoms with Crippen LogP contribution in [0.1, 0.15) is 42.1 Å². The number of nitro groups is 1. The number of hydrogen-bond donors (Lipinski definition) is 1. The molecule has 1 N–H and O–H groups in total. The number of rotatable bonds is 6. The van der Waals surface area contributed by atoms with Gasteiger partial charge >= 0.3 is 0 Å². The van der Waals surface area contributed by atoms with E-state index in [0.29, 0.717) is 23.1 Å². The van der Waals surface area contributed by atoms with Crippen LogP contribution >= 0.6 is 11.6 Å². The highest BCUT2D eigenvalue weighted by atomic mass is 35.5. The number of fused-ring (bicyclic) bond motifs is 1. The minimum atomic E-state index is -0.575. The monoisotopic (exact) mass is 449 g/mol. The molecule has 7 nitrogen and oxygen atoms in total. The minimum absolute atomic E-state index is 0.0287. The molecule has 32 heavy (non-hydrogen) atoms. The minimum Gasteiger partial charge on any atom is -0.436 e. The molecule has 1 amide bonds. The van der Waals surface area contributed by atoms with Gasteiger partial charge in [0.05, 0.1) is 15.5 Å². The molecule has 0 unspecified atom stereocenters. The molecule has 0 aliphatic carbocycles. The van der Waals surface area contributed by atoms with Crippen LogP contribution in [-0.4, -0.2) is 15.8 Å². The van der Waals surface area contributed by atoms with E-state index in [4.69, 9.17) is 16.0 Å². The summed E-state index contributed by atoms with van der Waals surface area (Å²) >= 11 is 6.04. The van der Waals surface area contributed by atoms with E-state index in [-0.39, 0.29) is 16.3 Å². The number of carbonyl (C=O) groups is 1. The van der Waals surface area contributed by atoms with Crippen LogP contribution < -0.4 is 5.32 Å². The van der Waals surface area contributed by atoms with Crippen LogP contribution in [0, 0.1) is 10.1 Å². The van der Waals surface area contributed by atoms with Crippen LogP contribution in [0.3, 0.4) is 0 Å². The van der Waals surface area contributed by atoms with E-state index in [9.17, 15) is 14.9 Å². The molecule has 1 aromatic heterocycles. The predicted octanol–water partition coefficient (Wildman–Crippen LogP) is 6.82. The largest absolute Gasteiger partial charge is 0.436 e. The van der Waals surface area contributed by atoms with Gasteiger partial charge in [0.2, 0.25) is 5.89 Å². The van der Waals surface area contributed by atoms with Gasteiger partial charge in [0.25, 0.3) is 11.6 Å². The Morgan fingerprint density at radius 2 is 1.91 bits per heavy atom. The third kappa shape index (κ3) is 4.33. The lowest BCUT2D eigenvalue weighted by atomic mass is 9.98. The first-order chi connectivity index (χ1) is 15.4. The zero-order chi connectivity index (χ0) is 22.8. The second kappa shape index (κ2) is 8.80. The quantitative estimate of drug-likeness (QED) is 0.257. The number of nitrogens with zero attached hydrogens (tertiary/aromatic N) is 2. The normalized spacial score (nSPS) is 12.0. The lowest BCUT2D eigenvalue weighted by Gasteiger charge is -2.07. The Balaban J connectivity index is 1.54. The van der Waals surface area contributed by atoms with Gasteiger partial charge in [0, 0.05) is 23.4 Å². The van der Waals surface area contributed by atoms with Crippen molar-refractivity contribution in [1.29, 1.82) is 0 Å². The van der Waals surface area contributed by atoms with Crippen molar-refractivity contribution in [2.75, 3.05) is 5.32 Å². The summed E-state index contributed by atoms with van der Waals surface area (Å²) in [6.45, 7) is 4.33.